The van der Waals surface area contributed by atoms with E-state index >= 15 is 0 Å². The van der Waals surface area contributed by atoms with Crippen LogP contribution in [0.3, 0.4) is 0 Å². The van der Waals surface area contributed by atoms with Crippen molar-refractivity contribution in [1.29, 1.82) is 0 Å². The molecule has 72 valence electrons. The Morgan fingerprint density at radius 3 is 2.69 bits per heavy atom. The van der Waals surface area contributed by atoms with Gasteiger partial charge in [-0.3, -0.25) is 11.3 Å². The van der Waals surface area contributed by atoms with Gasteiger partial charge in [0.15, 0.2) is 0 Å². The second kappa shape index (κ2) is 4.69. The van der Waals surface area contributed by atoms with Crippen LogP contribution in [0.15, 0.2) is 22.7 Å². The van der Waals surface area contributed by atoms with Gasteiger partial charge in [-0.1, -0.05) is 22.9 Å². The van der Waals surface area contributed by atoms with Crippen LogP contribution >= 0.6 is 15.9 Å². The lowest BCUT2D eigenvalue weighted by Gasteiger charge is -2.14. The highest BCUT2D eigenvalue weighted by Gasteiger charge is 2.08. The van der Waals surface area contributed by atoms with Crippen molar-refractivity contribution in [1.82, 2.24) is 5.43 Å². The van der Waals surface area contributed by atoms with Crippen LogP contribution in [0.5, 0.6) is 0 Å². The predicted molar refractivity (Wildman–Crippen MR) is 54.5 cm³/mol. The molecule has 0 aliphatic heterocycles. The van der Waals surface area contributed by atoms with Gasteiger partial charge in [0.05, 0.1) is 0 Å². The van der Waals surface area contributed by atoms with Gasteiger partial charge in [0.2, 0.25) is 0 Å². The van der Waals surface area contributed by atoms with E-state index in [9.17, 15) is 4.39 Å². The van der Waals surface area contributed by atoms with Crippen LogP contribution in [0.25, 0.3) is 0 Å². The molecule has 0 aromatic heterocycles. The van der Waals surface area contributed by atoms with E-state index in [-0.39, 0.29) is 11.9 Å². The third-order valence-corrected chi connectivity index (χ3v) is 2.35. The van der Waals surface area contributed by atoms with Gasteiger partial charge >= 0.3 is 0 Å². The average molecular weight is 247 g/mol. The molecular formula is C9H12BrFN2. The van der Waals surface area contributed by atoms with Gasteiger partial charge < -0.3 is 0 Å². The molecule has 1 aromatic rings. The second-order valence-electron chi connectivity index (χ2n) is 2.83. The standard InChI is InChI=1S/C9H12BrFN2/c1-2-9(13-12)6-3-7(10)5-8(11)4-6/h3-5,9,13H,2,12H2,1H3. The summed E-state index contributed by atoms with van der Waals surface area (Å²) in [5, 5.41) is 0. The third kappa shape index (κ3) is 2.76. The number of hydrazine groups is 1. The summed E-state index contributed by atoms with van der Waals surface area (Å²) in [6, 6.07) is 4.77. The predicted octanol–water partition coefficient (Wildman–Crippen LogP) is 2.50. The molecule has 1 aromatic carbocycles. The van der Waals surface area contributed by atoms with Crippen molar-refractivity contribution in [2.24, 2.45) is 5.84 Å². The molecule has 0 radical (unpaired) electrons. The number of hydrogen-bond acceptors (Lipinski definition) is 2. The Morgan fingerprint density at radius 2 is 2.23 bits per heavy atom. The van der Waals surface area contributed by atoms with E-state index in [1.54, 1.807) is 0 Å². The number of nitrogens with one attached hydrogen (secondary N) is 1. The average Bonchev–Trinajstić information content (AvgIpc) is 2.04. The van der Waals surface area contributed by atoms with Crippen molar-refractivity contribution < 1.29 is 4.39 Å². The molecule has 2 nitrogen and oxygen atoms in total. The van der Waals surface area contributed by atoms with Crippen molar-refractivity contribution in [3.63, 3.8) is 0 Å². The fraction of sp³-hybridized carbons (Fsp3) is 0.333. The molecule has 0 aliphatic rings. The van der Waals surface area contributed by atoms with Crippen LogP contribution in [0.4, 0.5) is 4.39 Å². The van der Waals surface area contributed by atoms with E-state index in [2.05, 4.69) is 21.4 Å². The van der Waals surface area contributed by atoms with E-state index < -0.39 is 0 Å². The lowest BCUT2D eigenvalue weighted by atomic mass is 10.1. The molecule has 13 heavy (non-hydrogen) atoms. The minimum Gasteiger partial charge on any atom is -0.271 e. The maximum Gasteiger partial charge on any atom is 0.124 e. The highest BCUT2D eigenvalue weighted by molar-refractivity contribution is 9.10. The van der Waals surface area contributed by atoms with Gasteiger partial charge in [-0.25, -0.2) is 4.39 Å². The van der Waals surface area contributed by atoms with E-state index in [0.29, 0.717) is 0 Å². The van der Waals surface area contributed by atoms with E-state index in [1.165, 1.54) is 12.1 Å². The number of nitrogens with two attached hydrogens (primary N) is 1. The Morgan fingerprint density at radius 1 is 1.54 bits per heavy atom. The summed E-state index contributed by atoms with van der Waals surface area (Å²) < 4.78 is 13.7. The maximum atomic E-state index is 13.0. The Balaban J connectivity index is 2.99. The van der Waals surface area contributed by atoms with Crippen molar-refractivity contribution in [3.8, 4) is 0 Å². The molecule has 0 aliphatic carbocycles. The summed E-state index contributed by atoms with van der Waals surface area (Å²) in [5.41, 5.74) is 3.49. The van der Waals surface area contributed by atoms with Gasteiger partial charge in [0.1, 0.15) is 5.82 Å². The normalized spacial score (nSPS) is 12.9. The number of benzene rings is 1. The molecule has 1 rings (SSSR count). The number of rotatable bonds is 3. The van der Waals surface area contributed by atoms with Gasteiger partial charge in [-0.15, -0.1) is 0 Å². The fourth-order valence-electron chi connectivity index (χ4n) is 1.23. The molecule has 0 saturated heterocycles. The molecule has 3 N–H and O–H groups in total. The molecule has 0 spiro atoms. The fourth-order valence-corrected chi connectivity index (χ4v) is 1.71. The van der Waals surface area contributed by atoms with Crippen LogP contribution < -0.4 is 11.3 Å². The van der Waals surface area contributed by atoms with Crippen molar-refractivity contribution in [2.75, 3.05) is 0 Å². The molecule has 0 saturated carbocycles. The lowest BCUT2D eigenvalue weighted by molar-refractivity contribution is 0.532. The first-order valence-electron chi connectivity index (χ1n) is 4.09. The van der Waals surface area contributed by atoms with E-state index in [4.69, 9.17) is 5.84 Å². The first-order valence-corrected chi connectivity index (χ1v) is 4.88. The molecule has 1 atom stereocenters. The topological polar surface area (TPSA) is 38.0 Å². The molecule has 0 bridgehead atoms. The second-order valence-corrected chi connectivity index (χ2v) is 3.75. The summed E-state index contributed by atoms with van der Waals surface area (Å²) in [6.45, 7) is 1.99. The first kappa shape index (κ1) is 10.6. The van der Waals surface area contributed by atoms with E-state index in [0.717, 1.165) is 16.5 Å². The monoisotopic (exact) mass is 246 g/mol. The smallest absolute Gasteiger partial charge is 0.124 e. The summed E-state index contributed by atoms with van der Waals surface area (Å²) in [7, 11) is 0. The first-order chi connectivity index (χ1) is 6.17. The van der Waals surface area contributed by atoms with E-state index in [1.807, 2.05) is 13.0 Å². The van der Waals surface area contributed by atoms with Gasteiger partial charge in [-0.05, 0) is 30.2 Å². The Labute approximate surface area is 85.4 Å². The van der Waals surface area contributed by atoms with Crippen molar-refractivity contribution >= 4 is 15.9 Å². The highest BCUT2D eigenvalue weighted by atomic mass is 79.9. The lowest BCUT2D eigenvalue weighted by Crippen LogP contribution is -2.27. The van der Waals surface area contributed by atoms with Gasteiger partial charge in [-0.2, -0.15) is 0 Å². The number of halogens is 2. The molecule has 1 unspecified atom stereocenters. The Kier molecular flexibility index (Phi) is 3.84. The van der Waals surface area contributed by atoms with Gasteiger partial charge in [0, 0.05) is 10.5 Å². The summed E-state index contributed by atoms with van der Waals surface area (Å²) in [6.07, 6.45) is 0.826. The zero-order valence-electron chi connectivity index (χ0n) is 7.35. The van der Waals surface area contributed by atoms with Gasteiger partial charge in [0.25, 0.3) is 0 Å². The Bertz CT molecular complexity index is 267. The zero-order chi connectivity index (χ0) is 9.84. The van der Waals surface area contributed by atoms with Crippen LogP contribution in [-0.2, 0) is 0 Å². The van der Waals surface area contributed by atoms with Crippen molar-refractivity contribution in [2.45, 2.75) is 19.4 Å². The zero-order valence-corrected chi connectivity index (χ0v) is 8.94. The minimum atomic E-state index is -0.252. The molecule has 0 amide bonds. The summed E-state index contributed by atoms with van der Waals surface area (Å²) in [4.78, 5) is 0. The largest absolute Gasteiger partial charge is 0.271 e. The number of hydrogen-bond donors (Lipinski definition) is 2. The molecule has 4 heteroatoms. The van der Waals surface area contributed by atoms with Crippen LogP contribution in [0.1, 0.15) is 24.9 Å². The quantitative estimate of drug-likeness (QED) is 0.636. The van der Waals surface area contributed by atoms with Crippen LogP contribution in [0, 0.1) is 5.82 Å². The molecule has 0 fully saturated rings. The minimum absolute atomic E-state index is 0.00648. The van der Waals surface area contributed by atoms with Crippen LogP contribution in [0.2, 0.25) is 0 Å². The Hall–Kier alpha value is -0.450. The summed E-state index contributed by atoms with van der Waals surface area (Å²) >= 11 is 3.23. The van der Waals surface area contributed by atoms with Crippen molar-refractivity contribution in [3.05, 3.63) is 34.1 Å². The SMILES string of the molecule is CCC(NN)c1cc(F)cc(Br)c1. The third-order valence-electron chi connectivity index (χ3n) is 1.90. The summed E-state index contributed by atoms with van der Waals surface area (Å²) in [5.74, 6) is 5.08. The maximum absolute atomic E-state index is 13.0. The molecule has 0 heterocycles. The van der Waals surface area contributed by atoms with Crippen LogP contribution in [-0.4, -0.2) is 0 Å². The highest BCUT2D eigenvalue weighted by Crippen LogP contribution is 2.21. The molecular weight excluding hydrogens is 235 g/mol.